The lowest BCUT2D eigenvalue weighted by atomic mass is 10.1. The van der Waals surface area contributed by atoms with Crippen molar-refractivity contribution >= 4 is 5.69 Å². The molecule has 1 aliphatic heterocycles. The number of nitrogen functional groups attached to an aromatic ring is 1. The van der Waals surface area contributed by atoms with Gasteiger partial charge >= 0.3 is 0 Å². The van der Waals surface area contributed by atoms with Gasteiger partial charge in [-0.1, -0.05) is 0 Å². The summed E-state index contributed by atoms with van der Waals surface area (Å²) in [5, 5.41) is 0. The molecule has 1 aromatic rings. The van der Waals surface area contributed by atoms with Crippen molar-refractivity contribution in [2.24, 2.45) is 0 Å². The normalized spacial score (nSPS) is 17.4. The molecule has 2 N–H and O–H groups in total. The van der Waals surface area contributed by atoms with Crippen LogP contribution in [0.1, 0.15) is 18.4 Å². The molecule has 1 saturated heterocycles. The number of aryl methyl sites for hydroxylation is 1. The summed E-state index contributed by atoms with van der Waals surface area (Å²) in [6.45, 7) is 3.20. The van der Waals surface area contributed by atoms with Gasteiger partial charge < -0.3 is 15.2 Å². The van der Waals surface area contributed by atoms with Crippen LogP contribution in [0.15, 0.2) is 12.1 Å². The maximum atomic E-state index is 13.5. The maximum absolute atomic E-state index is 13.5. The smallest absolute Gasteiger partial charge is 0.167 e. The van der Waals surface area contributed by atoms with Crippen LogP contribution in [0, 0.1) is 12.7 Å². The van der Waals surface area contributed by atoms with E-state index < -0.39 is 5.82 Å². The minimum absolute atomic E-state index is 0.0475. The number of ether oxygens (including phenoxy) is 2. The zero-order valence-corrected chi connectivity index (χ0v) is 9.33. The third-order valence-corrected chi connectivity index (χ3v) is 2.78. The molecule has 0 bridgehead atoms. The molecule has 1 aromatic carbocycles. The molecule has 1 fully saturated rings. The molecule has 88 valence electrons. The number of halogens is 1. The van der Waals surface area contributed by atoms with E-state index in [4.69, 9.17) is 15.2 Å². The number of anilines is 1. The average Bonchev–Trinajstić information content (AvgIpc) is 2.27. The largest absolute Gasteiger partial charge is 0.487 e. The first-order valence-corrected chi connectivity index (χ1v) is 5.47. The predicted octanol–water partition coefficient (Wildman–Crippen LogP) is 2.27. The minimum atomic E-state index is -0.394. The van der Waals surface area contributed by atoms with Gasteiger partial charge in [0.1, 0.15) is 6.10 Å². The zero-order valence-electron chi connectivity index (χ0n) is 9.33. The van der Waals surface area contributed by atoms with E-state index in [0.717, 1.165) is 18.4 Å². The molecule has 1 aliphatic rings. The monoisotopic (exact) mass is 225 g/mol. The van der Waals surface area contributed by atoms with Crippen molar-refractivity contribution in [3.63, 3.8) is 0 Å². The predicted molar refractivity (Wildman–Crippen MR) is 60.0 cm³/mol. The third kappa shape index (κ3) is 2.44. The highest BCUT2D eigenvalue weighted by atomic mass is 19.1. The number of hydrogen-bond donors (Lipinski definition) is 1. The van der Waals surface area contributed by atoms with Crippen molar-refractivity contribution < 1.29 is 13.9 Å². The molecular formula is C12H16FNO2. The van der Waals surface area contributed by atoms with Gasteiger partial charge in [0.05, 0.1) is 13.2 Å². The van der Waals surface area contributed by atoms with Crippen LogP contribution < -0.4 is 10.5 Å². The first-order chi connectivity index (χ1) is 7.66. The van der Waals surface area contributed by atoms with Crippen molar-refractivity contribution in [3.8, 4) is 5.75 Å². The number of nitrogens with two attached hydrogens (primary N) is 1. The van der Waals surface area contributed by atoms with Crippen LogP contribution >= 0.6 is 0 Å². The van der Waals surface area contributed by atoms with Gasteiger partial charge in [-0.15, -0.1) is 0 Å². The second-order valence-electron chi connectivity index (χ2n) is 4.07. The quantitative estimate of drug-likeness (QED) is 0.785. The Morgan fingerprint density at radius 3 is 2.75 bits per heavy atom. The number of rotatable bonds is 2. The van der Waals surface area contributed by atoms with E-state index in [0.29, 0.717) is 24.7 Å². The Bertz CT molecular complexity index is 376. The Hall–Kier alpha value is -1.29. The van der Waals surface area contributed by atoms with Crippen molar-refractivity contribution in [3.05, 3.63) is 23.5 Å². The summed E-state index contributed by atoms with van der Waals surface area (Å²) in [6.07, 6.45) is 1.66. The van der Waals surface area contributed by atoms with Gasteiger partial charge in [0.2, 0.25) is 0 Å². The van der Waals surface area contributed by atoms with Gasteiger partial charge in [0.25, 0.3) is 0 Å². The van der Waals surface area contributed by atoms with Crippen LogP contribution in [0.25, 0.3) is 0 Å². The zero-order chi connectivity index (χ0) is 11.5. The highest BCUT2D eigenvalue weighted by Crippen LogP contribution is 2.26. The molecule has 0 aliphatic carbocycles. The maximum Gasteiger partial charge on any atom is 0.167 e. The fourth-order valence-electron chi connectivity index (χ4n) is 1.73. The van der Waals surface area contributed by atoms with E-state index in [1.807, 2.05) is 6.92 Å². The molecule has 0 atom stereocenters. The third-order valence-electron chi connectivity index (χ3n) is 2.78. The molecule has 0 spiro atoms. The molecule has 0 aromatic heterocycles. The summed E-state index contributed by atoms with van der Waals surface area (Å²) in [4.78, 5) is 0. The molecule has 1 heterocycles. The summed E-state index contributed by atoms with van der Waals surface area (Å²) < 4.78 is 24.4. The van der Waals surface area contributed by atoms with Crippen molar-refractivity contribution in [1.29, 1.82) is 0 Å². The van der Waals surface area contributed by atoms with Gasteiger partial charge in [-0.2, -0.15) is 0 Å². The molecular weight excluding hydrogens is 209 g/mol. The van der Waals surface area contributed by atoms with E-state index in [1.165, 1.54) is 6.07 Å². The Morgan fingerprint density at radius 2 is 2.06 bits per heavy atom. The molecule has 0 unspecified atom stereocenters. The first-order valence-electron chi connectivity index (χ1n) is 5.47. The van der Waals surface area contributed by atoms with Crippen LogP contribution in [0.2, 0.25) is 0 Å². The summed E-state index contributed by atoms with van der Waals surface area (Å²) >= 11 is 0. The van der Waals surface area contributed by atoms with Gasteiger partial charge in [-0.25, -0.2) is 4.39 Å². The second-order valence-corrected chi connectivity index (χ2v) is 4.07. The van der Waals surface area contributed by atoms with Crippen LogP contribution in [-0.2, 0) is 4.74 Å². The van der Waals surface area contributed by atoms with Gasteiger partial charge in [0, 0.05) is 24.6 Å². The standard InChI is InChI=1S/C12H16FNO2/c1-8-6-12(10(13)7-11(8)14)16-9-2-4-15-5-3-9/h6-7,9H,2-5,14H2,1H3. The lowest BCUT2D eigenvalue weighted by Gasteiger charge is -2.23. The van der Waals surface area contributed by atoms with E-state index >= 15 is 0 Å². The van der Waals surface area contributed by atoms with Crippen molar-refractivity contribution in [2.45, 2.75) is 25.9 Å². The van der Waals surface area contributed by atoms with E-state index in [-0.39, 0.29) is 6.10 Å². The van der Waals surface area contributed by atoms with Crippen LogP contribution in [-0.4, -0.2) is 19.3 Å². The second kappa shape index (κ2) is 4.70. The molecule has 3 nitrogen and oxygen atoms in total. The minimum Gasteiger partial charge on any atom is -0.487 e. The van der Waals surface area contributed by atoms with E-state index in [1.54, 1.807) is 6.07 Å². The molecule has 4 heteroatoms. The molecule has 0 saturated carbocycles. The fourth-order valence-corrected chi connectivity index (χ4v) is 1.73. The summed E-state index contributed by atoms with van der Waals surface area (Å²) in [7, 11) is 0. The summed E-state index contributed by atoms with van der Waals surface area (Å²) in [6, 6.07) is 2.96. The highest BCUT2D eigenvalue weighted by molar-refractivity contribution is 5.50. The number of benzene rings is 1. The Balaban J connectivity index is 2.11. The molecule has 0 amide bonds. The Morgan fingerprint density at radius 1 is 1.38 bits per heavy atom. The Kier molecular flexibility index (Phi) is 3.29. The highest BCUT2D eigenvalue weighted by Gasteiger charge is 2.17. The summed E-state index contributed by atoms with van der Waals surface area (Å²) in [5.74, 6) is -0.104. The Labute approximate surface area is 94.3 Å². The first kappa shape index (κ1) is 11.2. The molecule has 16 heavy (non-hydrogen) atoms. The van der Waals surface area contributed by atoms with Gasteiger partial charge in [-0.05, 0) is 18.6 Å². The van der Waals surface area contributed by atoms with Crippen LogP contribution in [0.5, 0.6) is 5.75 Å². The van der Waals surface area contributed by atoms with Crippen LogP contribution in [0.3, 0.4) is 0 Å². The topological polar surface area (TPSA) is 44.5 Å². The lowest BCUT2D eigenvalue weighted by molar-refractivity contribution is 0.0240. The lowest BCUT2D eigenvalue weighted by Crippen LogP contribution is -2.26. The number of hydrogen-bond acceptors (Lipinski definition) is 3. The van der Waals surface area contributed by atoms with Crippen molar-refractivity contribution in [2.75, 3.05) is 18.9 Å². The van der Waals surface area contributed by atoms with Crippen molar-refractivity contribution in [1.82, 2.24) is 0 Å². The van der Waals surface area contributed by atoms with Gasteiger partial charge in [0.15, 0.2) is 11.6 Å². The van der Waals surface area contributed by atoms with Crippen LogP contribution in [0.4, 0.5) is 10.1 Å². The molecule has 2 rings (SSSR count). The van der Waals surface area contributed by atoms with E-state index in [9.17, 15) is 4.39 Å². The molecule has 0 radical (unpaired) electrons. The summed E-state index contributed by atoms with van der Waals surface area (Å²) in [5.41, 5.74) is 6.90. The SMILES string of the molecule is Cc1cc(OC2CCOCC2)c(F)cc1N. The van der Waals surface area contributed by atoms with E-state index in [2.05, 4.69) is 0 Å². The average molecular weight is 225 g/mol. The fraction of sp³-hybridized carbons (Fsp3) is 0.500. The van der Waals surface area contributed by atoms with Gasteiger partial charge in [-0.3, -0.25) is 0 Å².